The SMILES string of the molecule is Cc1cc(-c2nc3ccccc3[nH]2)ccc1C#N. The Bertz CT molecular complexity index is 730. The first-order valence-corrected chi connectivity index (χ1v) is 5.74. The summed E-state index contributed by atoms with van der Waals surface area (Å²) in [6, 6.07) is 15.8. The summed E-state index contributed by atoms with van der Waals surface area (Å²) in [5.74, 6) is 0.837. The van der Waals surface area contributed by atoms with Gasteiger partial charge in [-0.2, -0.15) is 5.26 Å². The average molecular weight is 233 g/mol. The number of rotatable bonds is 1. The summed E-state index contributed by atoms with van der Waals surface area (Å²) < 4.78 is 0. The maximum atomic E-state index is 8.92. The van der Waals surface area contributed by atoms with Crippen LogP contribution < -0.4 is 0 Å². The highest BCUT2D eigenvalue weighted by Crippen LogP contribution is 2.22. The van der Waals surface area contributed by atoms with E-state index in [-0.39, 0.29) is 0 Å². The number of hydrogen-bond acceptors (Lipinski definition) is 2. The number of benzene rings is 2. The van der Waals surface area contributed by atoms with Gasteiger partial charge in [0.1, 0.15) is 5.82 Å². The molecule has 86 valence electrons. The zero-order chi connectivity index (χ0) is 12.5. The third-order valence-electron chi connectivity index (χ3n) is 3.01. The molecule has 0 aliphatic rings. The third kappa shape index (κ3) is 1.64. The summed E-state index contributed by atoms with van der Waals surface area (Å²) in [5, 5.41) is 8.92. The Labute approximate surface area is 105 Å². The van der Waals surface area contributed by atoms with Crippen molar-refractivity contribution in [3.63, 3.8) is 0 Å². The van der Waals surface area contributed by atoms with E-state index >= 15 is 0 Å². The molecule has 0 atom stereocenters. The summed E-state index contributed by atoms with van der Waals surface area (Å²) in [6.45, 7) is 1.94. The molecule has 0 saturated heterocycles. The summed E-state index contributed by atoms with van der Waals surface area (Å²) >= 11 is 0. The van der Waals surface area contributed by atoms with Gasteiger partial charge < -0.3 is 4.98 Å². The molecular weight excluding hydrogens is 222 g/mol. The normalized spacial score (nSPS) is 10.4. The predicted octanol–water partition coefficient (Wildman–Crippen LogP) is 3.41. The summed E-state index contributed by atoms with van der Waals surface area (Å²) in [4.78, 5) is 7.82. The Morgan fingerprint density at radius 2 is 2.00 bits per heavy atom. The highest BCUT2D eigenvalue weighted by molar-refractivity contribution is 5.79. The van der Waals surface area contributed by atoms with Gasteiger partial charge in [0.25, 0.3) is 0 Å². The van der Waals surface area contributed by atoms with Crippen LogP contribution in [0.25, 0.3) is 22.4 Å². The van der Waals surface area contributed by atoms with E-state index in [1.165, 1.54) is 0 Å². The molecule has 1 heterocycles. The molecule has 0 aliphatic heterocycles. The molecule has 3 aromatic rings. The highest BCUT2D eigenvalue weighted by Gasteiger charge is 2.06. The lowest BCUT2D eigenvalue weighted by molar-refractivity contribution is 1.31. The quantitative estimate of drug-likeness (QED) is 0.700. The van der Waals surface area contributed by atoms with Crippen LogP contribution in [0.2, 0.25) is 0 Å². The van der Waals surface area contributed by atoms with Crippen molar-refractivity contribution in [2.75, 3.05) is 0 Å². The molecule has 0 radical (unpaired) electrons. The molecule has 0 spiro atoms. The Morgan fingerprint density at radius 3 is 2.72 bits per heavy atom. The zero-order valence-corrected chi connectivity index (χ0v) is 9.94. The van der Waals surface area contributed by atoms with Crippen LogP contribution in [0.1, 0.15) is 11.1 Å². The first kappa shape index (κ1) is 10.5. The number of nitrogens with zero attached hydrogens (tertiary/aromatic N) is 2. The van der Waals surface area contributed by atoms with Gasteiger partial charge in [-0.1, -0.05) is 12.1 Å². The minimum absolute atomic E-state index is 0.704. The second kappa shape index (κ2) is 4.01. The molecular formula is C15H11N3. The molecule has 3 rings (SSSR count). The number of imidazole rings is 1. The smallest absolute Gasteiger partial charge is 0.138 e. The molecule has 0 bridgehead atoms. The van der Waals surface area contributed by atoms with E-state index < -0.39 is 0 Å². The fourth-order valence-corrected chi connectivity index (χ4v) is 2.03. The second-order valence-electron chi connectivity index (χ2n) is 4.24. The first-order valence-electron chi connectivity index (χ1n) is 5.74. The number of nitriles is 1. The molecule has 1 aromatic heterocycles. The van der Waals surface area contributed by atoms with Crippen LogP contribution in [0.4, 0.5) is 0 Å². The third-order valence-corrected chi connectivity index (χ3v) is 3.01. The predicted molar refractivity (Wildman–Crippen MR) is 71.0 cm³/mol. The monoisotopic (exact) mass is 233 g/mol. The van der Waals surface area contributed by atoms with Crippen LogP contribution in [0.5, 0.6) is 0 Å². The van der Waals surface area contributed by atoms with E-state index in [0.717, 1.165) is 28.0 Å². The van der Waals surface area contributed by atoms with E-state index in [1.807, 2.05) is 49.4 Å². The molecule has 3 nitrogen and oxygen atoms in total. The molecule has 0 aliphatic carbocycles. The minimum Gasteiger partial charge on any atom is -0.338 e. The number of aromatic amines is 1. The van der Waals surface area contributed by atoms with Gasteiger partial charge in [0.15, 0.2) is 0 Å². The van der Waals surface area contributed by atoms with E-state index in [1.54, 1.807) is 0 Å². The lowest BCUT2D eigenvalue weighted by Crippen LogP contribution is -1.85. The zero-order valence-electron chi connectivity index (χ0n) is 9.94. The highest BCUT2D eigenvalue weighted by atomic mass is 14.9. The molecule has 18 heavy (non-hydrogen) atoms. The number of hydrogen-bond donors (Lipinski definition) is 1. The Morgan fingerprint density at radius 1 is 1.17 bits per heavy atom. The van der Waals surface area contributed by atoms with Gasteiger partial charge in [0.05, 0.1) is 22.7 Å². The molecule has 0 fully saturated rings. The number of aryl methyl sites for hydroxylation is 1. The van der Waals surface area contributed by atoms with Crippen LogP contribution in [0.15, 0.2) is 42.5 Å². The van der Waals surface area contributed by atoms with Crippen LogP contribution in [0.3, 0.4) is 0 Å². The molecule has 0 saturated carbocycles. The molecule has 2 aromatic carbocycles. The van der Waals surface area contributed by atoms with Crippen LogP contribution in [0, 0.1) is 18.3 Å². The van der Waals surface area contributed by atoms with Crippen molar-refractivity contribution in [3.8, 4) is 17.5 Å². The second-order valence-corrected chi connectivity index (χ2v) is 4.24. The fourth-order valence-electron chi connectivity index (χ4n) is 2.03. The van der Waals surface area contributed by atoms with Crippen LogP contribution in [-0.4, -0.2) is 9.97 Å². The standard InChI is InChI=1S/C15H11N3/c1-10-8-11(6-7-12(10)9-16)15-17-13-4-2-3-5-14(13)18-15/h2-8H,1H3,(H,17,18). The number of para-hydroxylation sites is 2. The number of H-pyrrole nitrogens is 1. The molecule has 0 amide bonds. The lowest BCUT2D eigenvalue weighted by Gasteiger charge is -2.00. The summed E-state index contributed by atoms with van der Waals surface area (Å²) in [6.07, 6.45) is 0. The largest absolute Gasteiger partial charge is 0.338 e. The Hall–Kier alpha value is -2.60. The van der Waals surface area contributed by atoms with Crippen LogP contribution in [-0.2, 0) is 0 Å². The van der Waals surface area contributed by atoms with E-state index in [4.69, 9.17) is 5.26 Å². The van der Waals surface area contributed by atoms with Gasteiger partial charge in [0.2, 0.25) is 0 Å². The Kier molecular flexibility index (Phi) is 2.35. The van der Waals surface area contributed by atoms with Gasteiger partial charge in [-0.25, -0.2) is 4.98 Å². The van der Waals surface area contributed by atoms with Crippen molar-refractivity contribution in [2.24, 2.45) is 0 Å². The van der Waals surface area contributed by atoms with Crippen molar-refractivity contribution >= 4 is 11.0 Å². The van der Waals surface area contributed by atoms with Crippen molar-refractivity contribution < 1.29 is 0 Å². The summed E-state index contributed by atoms with van der Waals surface area (Å²) in [5.41, 5.74) is 4.65. The number of fused-ring (bicyclic) bond motifs is 1. The van der Waals surface area contributed by atoms with E-state index in [0.29, 0.717) is 5.56 Å². The van der Waals surface area contributed by atoms with Gasteiger partial charge in [-0.05, 0) is 42.8 Å². The number of aromatic nitrogens is 2. The lowest BCUT2D eigenvalue weighted by atomic mass is 10.1. The average Bonchev–Trinajstić information content (AvgIpc) is 2.82. The number of nitrogens with one attached hydrogen (secondary N) is 1. The summed E-state index contributed by atoms with van der Waals surface area (Å²) in [7, 11) is 0. The Balaban J connectivity index is 2.15. The topological polar surface area (TPSA) is 52.5 Å². The van der Waals surface area contributed by atoms with E-state index in [9.17, 15) is 0 Å². The van der Waals surface area contributed by atoms with Gasteiger partial charge in [0, 0.05) is 5.56 Å². The molecule has 3 heteroatoms. The van der Waals surface area contributed by atoms with Crippen molar-refractivity contribution in [3.05, 3.63) is 53.6 Å². The molecule has 0 unspecified atom stereocenters. The van der Waals surface area contributed by atoms with Crippen molar-refractivity contribution in [2.45, 2.75) is 6.92 Å². The van der Waals surface area contributed by atoms with Gasteiger partial charge in [-0.3, -0.25) is 0 Å². The van der Waals surface area contributed by atoms with Crippen molar-refractivity contribution in [1.82, 2.24) is 9.97 Å². The van der Waals surface area contributed by atoms with Gasteiger partial charge in [-0.15, -0.1) is 0 Å². The minimum atomic E-state index is 0.704. The van der Waals surface area contributed by atoms with Crippen LogP contribution >= 0.6 is 0 Å². The molecule has 1 N–H and O–H groups in total. The fraction of sp³-hybridized carbons (Fsp3) is 0.0667. The maximum absolute atomic E-state index is 8.92. The van der Waals surface area contributed by atoms with Gasteiger partial charge >= 0.3 is 0 Å². The maximum Gasteiger partial charge on any atom is 0.138 e. The van der Waals surface area contributed by atoms with E-state index in [2.05, 4.69) is 16.0 Å². The van der Waals surface area contributed by atoms with Crippen molar-refractivity contribution in [1.29, 1.82) is 5.26 Å². The first-order chi connectivity index (χ1) is 8.78.